The van der Waals surface area contributed by atoms with Crippen molar-refractivity contribution in [3.8, 4) is 22.3 Å². The lowest BCUT2D eigenvalue weighted by Crippen LogP contribution is -2.61. The molecule has 3 nitrogen and oxygen atoms in total. The van der Waals surface area contributed by atoms with Gasteiger partial charge in [0.2, 0.25) is 0 Å². The minimum Gasteiger partial charge on any atom is -0.311 e. The van der Waals surface area contributed by atoms with Crippen molar-refractivity contribution >= 4 is 86.0 Å². The van der Waals surface area contributed by atoms with Crippen molar-refractivity contribution in [1.82, 2.24) is 0 Å². The minimum atomic E-state index is 0.0434. The Hall–Kier alpha value is -7.21. The van der Waals surface area contributed by atoms with Crippen LogP contribution in [0.4, 0.5) is 51.2 Å². The van der Waals surface area contributed by atoms with Gasteiger partial charge < -0.3 is 14.7 Å². The summed E-state index contributed by atoms with van der Waals surface area (Å²) < 4.78 is 0. The second-order valence-electron chi connectivity index (χ2n) is 16.5. The molecule has 0 aliphatic carbocycles. The molecule has 3 aliphatic heterocycles. The molecule has 12 rings (SSSR count). The fourth-order valence-corrected chi connectivity index (χ4v) is 10.9. The fourth-order valence-electron chi connectivity index (χ4n) is 9.88. The molecule has 0 unspecified atom stereocenters. The van der Waals surface area contributed by atoms with E-state index in [4.69, 9.17) is 0 Å². The molecule has 0 atom stereocenters. The molecule has 0 fully saturated rings. The van der Waals surface area contributed by atoms with E-state index in [0.717, 1.165) is 23.5 Å². The minimum absolute atomic E-state index is 0.0434. The fraction of sp³-hybridized carbons (Fsp3) is 0.0526. The zero-order chi connectivity index (χ0) is 41.3. The first kappa shape index (κ1) is 36.6. The van der Waals surface area contributed by atoms with Crippen molar-refractivity contribution in [3.05, 3.63) is 217 Å². The molecule has 294 valence electrons. The number of hydrogen-bond donors (Lipinski definition) is 0. The van der Waals surface area contributed by atoms with Crippen molar-refractivity contribution in [3.63, 3.8) is 0 Å². The van der Waals surface area contributed by atoms with Gasteiger partial charge in [-0.3, -0.25) is 0 Å². The van der Waals surface area contributed by atoms with Crippen LogP contribution in [0.25, 0.3) is 22.3 Å². The second kappa shape index (κ2) is 14.8. The van der Waals surface area contributed by atoms with E-state index in [0.29, 0.717) is 0 Å². The smallest absolute Gasteiger partial charge is 0.252 e. The van der Waals surface area contributed by atoms with Crippen LogP contribution in [-0.2, 0) is 6.42 Å². The molecule has 0 spiro atoms. The summed E-state index contributed by atoms with van der Waals surface area (Å²) in [6, 6.07) is 76.7. The molecule has 0 radical (unpaired) electrons. The van der Waals surface area contributed by atoms with Gasteiger partial charge in [-0.1, -0.05) is 152 Å². The predicted molar refractivity (Wildman–Crippen MR) is 264 cm³/mol. The molecule has 0 saturated heterocycles. The van der Waals surface area contributed by atoms with E-state index in [2.05, 4.69) is 235 Å². The molecular formula is C57H42BN3S. The molecular weight excluding hydrogens is 770 g/mol. The zero-order valence-electron chi connectivity index (χ0n) is 34.7. The highest BCUT2D eigenvalue weighted by Crippen LogP contribution is 2.52. The second-order valence-corrected chi connectivity index (χ2v) is 17.6. The maximum Gasteiger partial charge on any atom is 0.252 e. The van der Waals surface area contributed by atoms with Crippen molar-refractivity contribution in [2.24, 2.45) is 0 Å². The summed E-state index contributed by atoms with van der Waals surface area (Å²) in [5, 5.41) is 0. The van der Waals surface area contributed by atoms with Crippen molar-refractivity contribution in [2.75, 3.05) is 14.7 Å². The summed E-state index contributed by atoms with van der Waals surface area (Å²) in [6.45, 7) is 4.47. The molecule has 62 heavy (non-hydrogen) atoms. The normalized spacial score (nSPS) is 13.2. The molecule has 0 amide bonds. The topological polar surface area (TPSA) is 9.72 Å². The number of para-hydroxylation sites is 3. The molecule has 3 aliphatic rings. The van der Waals surface area contributed by atoms with E-state index in [1.54, 1.807) is 0 Å². The first-order chi connectivity index (χ1) is 30.6. The molecule has 3 heterocycles. The van der Waals surface area contributed by atoms with Crippen LogP contribution in [-0.4, -0.2) is 6.71 Å². The third kappa shape index (κ3) is 5.91. The van der Waals surface area contributed by atoms with Crippen LogP contribution in [0.2, 0.25) is 0 Å². The summed E-state index contributed by atoms with van der Waals surface area (Å²) >= 11 is 1.84. The highest BCUT2D eigenvalue weighted by Gasteiger charge is 2.43. The summed E-state index contributed by atoms with van der Waals surface area (Å²) in [6.07, 6.45) is 0.972. The first-order valence-electron chi connectivity index (χ1n) is 21.6. The number of benzene rings is 9. The van der Waals surface area contributed by atoms with Gasteiger partial charge in [-0.25, -0.2) is 0 Å². The lowest BCUT2D eigenvalue weighted by molar-refractivity contribution is 1.14. The Labute approximate surface area is 368 Å². The zero-order valence-corrected chi connectivity index (χ0v) is 35.5. The predicted octanol–water partition coefficient (Wildman–Crippen LogP) is 13.9. The Kier molecular flexibility index (Phi) is 8.72. The van der Waals surface area contributed by atoms with Crippen LogP contribution in [0.5, 0.6) is 0 Å². The maximum absolute atomic E-state index is 2.54. The SMILES string of the molecule is CCc1ccc2c(c1)B1c3ccccc3N(c3cccc(N4c5ccccc5Sc5ccccc54)c3)c3cc(-c4ccc(C)cc4)cc(c31)N2c1ccc(-c2ccccc2)cc1. The van der Waals surface area contributed by atoms with E-state index in [9.17, 15) is 0 Å². The molecule has 9 aromatic carbocycles. The Morgan fingerprint density at radius 1 is 0.387 bits per heavy atom. The average Bonchev–Trinajstić information content (AvgIpc) is 3.33. The number of aryl methyl sites for hydroxylation is 2. The van der Waals surface area contributed by atoms with Crippen LogP contribution in [0.1, 0.15) is 18.1 Å². The summed E-state index contributed by atoms with van der Waals surface area (Å²) in [5.74, 6) is 0. The quantitative estimate of drug-likeness (QED) is 0.155. The summed E-state index contributed by atoms with van der Waals surface area (Å²) in [5.41, 5.74) is 22.0. The number of hydrogen-bond acceptors (Lipinski definition) is 4. The maximum atomic E-state index is 2.54. The number of anilines is 9. The summed E-state index contributed by atoms with van der Waals surface area (Å²) in [4.78, 5) is 10.0. The standard InChI is InChI=1S/C57H42BN3S/c1-3-39-26-33-50-48(34-39)58-47-18-7-8-19-49(47)60(45-16-13-17-46(37-45)61-51-20-9-11-22-55(51)62-56-23-12-10-21-52(56)61)54-36-43(42-27-24-38(2)25-28-42)35-53(57(54)58)59(50)44-31-29-41(30-32-44)40-14-5-4-6-15-40/h4-37H,3H2,1-2H3. The van der Waals surface area contributed by atoms with Crippen LogP contribution >= 0.6 is 11.8 Å². The third-order valence-corrected chi connectivity index (χ3v) is 14.0. The Morgan fingerprint density at radius 3 is 1.60 bits per heavy atom. The van der Waals surface area contributed by atoms with Gasteiger partial charge in [0, 0.05) is 49.6 Å². The van der Waals surface area contributed by atoms with Crippen molar-refractivity contribution in [2.45, 2.75) is 30.1 Å². The van der Waals surface area contributed by atoms with Crippen LogP contribution in [0.3, 0.4) is 0 Å². The van der Waals surface area contributed by atoms with Gasteiger partial charge in [0.25, 0.3) is 6.71 Å². The average molecular weight is 812 g/mol. The van der Waals surface area contributed by atoms with Crippen LogP contribution < -0.4 is 31.1 Å². The van der Waals surface area contributed by atoms with Gasteiger partial charge in [-0.15, -0.1) is 0 Å². The largest absolute Gasteiger partial charge is 0.311 e. The molecule has 5 heteroatoms. The van der Waals surface area contributed by atoms with Gasteiger partial charge in [0.05, 0.1) is 11.4 Å². The third-order valence-electron chi connectivity index (χ3n) is 12.8. The highest BCUT2D eigenvalue weighted by molar-refractivity contribution is 7.99. The molecule has 0 saturated carbocycles. The number of rotatable bonds is 6. The molecule has 0 bridgehead atoms. The Morgan fingerprint density at radius 2 is 0.919 bits per heavy atom. The highest BCUT2D eigenvalue weighted by atomic mass is 32.2. The first-order valence-corrected chi connectivity index (χ1v) is 22.4. The van der Waals surface area contributed by atoms with Gasteiger partial charge >= 0.3 is 0 Å². The molecule has 0 aromatic heterocycles. The van der Waals surface area contributed by atoms with E-state index >= 15 is 0 Å². The van der Waals surface area contributed by atoms with Crippen LogP contribution in [0.15, 0.2) is 216 Å². The Bertz CT molecular complexity index is 3130. The number of nitrogens with zero attached hydrogens (tertiary/aromatic N) is 3. The van der Waals surface area contributed by atoms with E-state index < -0.39 is 0 Å². The van der Waals surface area contributed by atoms with Gasteiger partial charge in [-0.2, -0.15) is 0 Å². The van der Waals surface area contributed by atoms with Crippen molar-refractivity contribution in [1.29, 1.82) is 0 Å². The van der Waals surface area contributed by atoms with Crippen LogP contribution in [0, 0.1) is 6.92 Å². The summed E-state index contributed by atoms with van der Waals surface area (Å²) in [7, 11) is 0. The molecule has 0 N–H and O–H groups in total. The number of fused-ring (bicyclic) bond motifs is 6. The lowest BCUT2D eigenvalue weighted by atomic mass is 9.33. The molecule has 9 aromatic rings. The van der Waals surface area contributed by atoms with Gasteiger partial charge in [0.15, 0.2) is 0 Å². The Balaban J connectivity index is 1.11. The monoisotopic (exact) mass is 811 g/mol. The lowest BCUT2D eigenvalue weighted by Gasteiger charge is -2.44. The van der Waals surface area contributed by atoms with Crippen molar-refractivity contribution < 1.29 is 0 Å². The van der Waals surface area contributed by atoms with Gasteiger partial charge in [0.1, 0.15) is 0 Å². The van der Waals surface area contributed by atoms with E-state index in [-0.39, 0.29) is 6.71 Å². The van der Waals surface area contributed by atoms with E-state index in [1.807, 2.05) is 11.8 Å². The van der Waals surface area contributed by atoms with E-state index in [1.165, 1.54) is 93.7 Å². The van der Waals surface area contributed by atoms with Gasteiger partial charge in [-0.05, 0) is 136 Å².